The van der Waals surface area contributed by atoms with E-state index in [0.29, 0.717) is 23.7 Å². The number of carbonyl (C=O) groups is 1. The van der Waals surface area contributed by atoms with Gasteiger partial charge in [-0.1, -0.05) is 12.1 Å². The topological polar surface area (TPSA) is 62.7 Å². The summed E-state index contributed by atoms with van der Waals surface area (Å²) < 4.78 is 15.4. The van der Waals surface area contributed by atoms with Gasteiger partial charge in [0, 0.05) is 22.4 Å². The summed E-state index contributed by atoms with van der Waals surface area (Å²) in [5.74, 6) is 0.221. The number of halogens is 1. The first-order chi connectivity index (χ1) is 12.6. The summed E-state index contributed by atoms with van der Waals surface area (Å²) in [6.07, 6.45) is 3.24. The van der Waals surface area contributed by atoms with E-state index in [-0.39, 0.29) is 11.7 Å². The van der Waals surface area contributed by atoms with Crippen molar-refractivity contribution in [3.8, 4) is 10.4 Å². The van der Waals surface area contributed by atoms with Crippen LogP contribution in [0.5, 0.6) is 0 Å². The molecule has 134 valence electrons. The summed E-state index contributed by atoms with van der Waals surface area (Å²) >= 11 is 6.65. The molecule has 3 aromatic rings. The van der Waals surface area contributed by atoms with Crippen LogP contribution in [0, 0.1) is 10.6 Å². The zero-order valence-electron chi connectivity index (χ0n) is 14.0. The SMILES string of the molecule is CCn1c(CNC(=O)C=Cc2ccc(-c3ccc(F)cc3)s2)n[nH]c1=S. The molecule has 2 N–H and O–H groups in total. The van der Waals surface area contributed by atoms with Gasteiger partial charge in [0.1, 0.15) is 5.82 Å². The third-order valence-corrected chi connectivity index (χ3v) is 5.14. The van der Waals surface area contributed by atoms with E-state index in [4.69, 9.17) is 12.2 Å². The Kier molecular flexibility index (Phi) is 5.75. The van der Waals surface area contributed by atoms with Gasteiger partial charge in [0.2, 0.25) is 5.91 Å². The predicted octanol–water partition coefficient (Wildman–Crippen LogP) is 4.16. The van der Waals surface area contributed by atoms with Gasteiger partial charge in [0.25, 0.3) is 0 Å². The summed E-state index contributed by atoms with van der Waals surface area (Å²) in [6.45, 7) is 2.96. The Labute approximate surface area is 159 Å². The molecular formula is C18H17FN4OS2. The lowest BCUT2D eigenvalue weighted by Gasteiger charge is -2.03. The minimum Gasteiger partial charge on any atom is -0.345 e. The van der Waals surface area contributed by atoms with Crippen LogP contribution in [0.1, 0.15) is 17.6 Å². The first-order valence-electron chi connectivity index (χ1n) is 8.02. The highest BCUT2D eigenvalue weighted by molar-refractivity contribution is 7.71. The Morgan fingerprint density at radius 2 is 2.12 bits per heavy atom. The van der Waals surface area contributed by atoms with Crippen molar-refractivity contribution in [2.45, 2.75) is 20.0 Å². The van der Waals surface area contributed by atoms with Crippen LogP contribution in [0.3, 0.4) is 0 Å². The largest absolute Gasteiger partial charge is 0.345 e. The molecule has 0 bridgehead atoms. The molecule has 0 saturated heterocycles. The van der Waals surface area contributed by atoms with Crippen LogP contribution in [0.4, 0.5) is 4.39 Å². The van der Waals surface area contributed by atoms with Crippen LogP contribution in [0.25, 0.3) is 16.5 Å². The molecule has 1 amide bonds. The first kappa shape index (κ1) is 18.2. The quantitative estimate of drug-likeness (QED) is 0.492. The molecule has 0 spiro atoms. The Morgan fingerprint density at radius 1 is 1.35 bits per heavy atom. The fraction of sp³-hybridized carbons (Fsp3) is 0.167. The van der Waals surface area contributed by atoms with Gasteiger partial charge in [-0.3, -0.25) is 9.89 Å². The molecule has 0 radical (unpaired) electrons. The van der Waals surface area contributed by atoms with Crippen LogP contribution in [-0.2, 0) is 17.9 Å². The van der Waals surface area contributed by atoms with Crippen LogP contribution >= 0.6 is 23.6 Å². The van der Waals surface area contributed by atoms with E-state index >= 15 is 0 Å². The van der Waals surface area contributed by atoms with Crippen molar-refractivity contribution in [1.82, 2.24) is 20.1 Å². The number of nitrogens with one attached hydrogen (secondary N) is 2. The maximum absolute atomic E-state index is 13.0. The van der Waals surface area contributed by atoms with E-state index in [1.807, 2.05) is 23.6 Å². The average molecular weight is 388 g/mol. The fourth-order valence-corrected chi connectivity index (χ4v) is 3.60. The number of aromatic amines is 1. The van der Waals surface area contributed by atoms with Crippen molar-refractivity contribution in [2.75, 3.05) is 0 Å². The number of aromatic nitrogens is 3. The van der Waals surface area contributed by atoms with Crippen molar-refractivity contribution < 1.29 is 9.18 Å². The summed E-state index contributed by atoms with van der Waals surface area (Å²) in [5, 5.41) is 9.61. The monoisotopic (exact) mass is 388 g/mol. The van der Waals surface area contributed by atoms with Gasteiger partial charge in [-0.05, 0) is 55.0 Å². The smallest absolute Gasteiger partial charge is 0.244 e. The van der Waals surface area contributed by atoms with Gasteiger partial charge in [0.05, 0.1) is 6.54 Å². The number of hydrogen-bond acceptors (Lipinski definition) is 4. The third-order valence-electron chi connectivity index (χ3n) is 3.73. The number of nitrogens with zero attached hydrogens (tertiary/aromatic N) is 2. The van der Waals surface area contributed by atoms with Gasteiger partial charge in [-0.2, -0.15) is 5.10 Å². The molecule has 26 heavy (non-hydrogen) atoms. The van der Waals surface area contributed by atoms with E-state index in [9.17, 15) is 9.18 Å². The lowest BCUT2D eigenvalue weighted by atomic mass is 10.2. The second-order valence-electron chi connectivity index (χ2n) is 5.45. The lowest BCUT2D eigenvalue weighted by Crippen LogP contribution is -2.22. The highest BCUT2D eigenvalue weighted by atomic mass is 32.1. The second-order valence-corrected chi connectivity index (χ2v) is 6.95. The fourth-order valence-electron chi connectivity index (χ4n) is 2.41. The minimum atomic E-state index is -0.258. The van der Waals surface area contributed by atoms with Gasteiger partial charge >= 0.3 is 0 Å². The average Bonchev–Trinajstić information content (AvgIpc) is 3.25. The molecule has 8 heteroatoms. The molecule has 0 aliphatic rings. The summed E-state index contributed by atoms with van der Waals surface area (Å²) in [5.41, 5.74) is 0.947. The molecule has 0 unspecified atom stereocenters. The molecule has 0 aliphatic heterocycles. The Morgan fingerprint density at radius 3 is 2.85 bits per heavy atom. The number of carbonyl (C=O) groups excluding carboxylic acids is 1. The predicted molar refractivity (Wildman–Crippen MR) is 104 cm³/mol. The van der Waals surface area contributed by atoms with Crippen molar-refractivity contribution in [2.24, 2.45) is 0 Å². The first-order valence-corrected chi connectivity index (χ1v) is 9.25. The van der Waals surface area contributed by atoms with E-state index in [0.717, 1.165) is 15.3 Å². The maximum Gasteiger partial charge on any atom is 0.244 e. The molecule has 1 aromatic carbocycles. The van der Waals surface area contributed by atoms with E-state index in [2.05, 4.69) is 15.5 Å². The highest BCUT2D eigenvalue weighted by Crippen LogP contribution is 2.28. The van der Waals surface area contributed by atoms with Crippen molar-refractivity contribution >= 4 is 35.5 Å². The molecule has 0 fully saturated rings. The van der Waals surface area contributed by atoms with E-state index in [1.54, 1.807) is 18.2 Å². The van der Waals surface area contributed by atoms with Crippen LogP contribution in [0.15, 0.2) is 42.5 Å². The number of benzene rings is 1. The van der Waals surface area contributed by atoms with Crippen LogP contribution < -0.4 is 5.32 Å². The van der Waals surface area contributed by atoms with Crippen molar-refractivity contribution in [3.63, 3.8) is 0 Å². The summed E-state index contributed by atoms with van der Waals surface area (Å²) in [4.78, 5) is 14.0. The number of H-pyrrole nitrogens is 1. The van der Waals surface area contributed by atoms with Gasteiger partial charge in [0.15, 0.2) is 10.6 Å². The standard InChI is InChI=1S/C18H17FN4OS2/c1-2-23-16(21-22-18(23)25)11-20-17(24)10-8-14-7-9-15(26-14)12-3-5-13(19)6-4-12/h3-10H,2,11H2,1H3,(H,20,24)(H,22,25). The maximum atomic E-state index is 13.0. The van der Waals surface area contributed by atoms with Gasteiger partial charge in [-0.25, -0.2) is 4.39 Å². The zero-order chi connectivity index (χ0) is 18.5. The Bertz CT molecular complexity index is 985. The molecule has 3 rings (SSSR count). The van der Waals surface area contributed by atoms with E-state index in [1.165, 1.54) is 29.5 Å². The number of rotatable bonds is 6. The normalized spacial score (nSPS) is 11.2. The molecule has 2 aromatic heterocycles. The molecule has 0 saturated carbocycles. The van der Waals surface area contributed by atoms with Crippen LogP contribution in [0.2, 0.25) is 0 Å². The highest BCUT2D eigenvalue weighted by Gasteiger charge is 2.06. The number of amides is 1. The summed E-state index contributed by atoms with van der Waals surface area (Å²) in [7, 11) is 0. The third kappa shape index (κ3) is 4.33. The Hall–Kier alpha value is -2.58. The lowest BCUT2D eigenvalue weighted by molar-refractivity contribution is -0.116. The van der Waals surface area contributed by atoms with Gasteiger partial charge in [-0.15, -0.1) is 11.3 Å². The Balaban J connectivity index is 1.60. The minimum absolute atomic E-state index is 0.210. The number of hydrogen-bond donors (Lipinski definition) is 2. The van der Waals surface area contributed by atoms with Crippen LogP contribution in [-0.4, -0.2) is 20.7 Å². The van der Waals surface area contributed by atoms with E-state index < -0.39 is 0 Å². The number of thiophene rings is 1. The zero-order valence-corrected chi connectivity index (χ0v) is 15.7. The molecule has 5 nitrogen and oxygen atoms in total. The molecule has 0 atom stereocenters. The molecular weight excluding hydrogens is 371 g/mol. The summed E-state index contributed by atoms with van der Waals surface area (Å²) in [6, 6.07) is 10.2. The molecule has 2 heterocycles. The van der Waals surface area contributed by atoms with Crippen molar-refractivity contribution in [3.05, 3.63) is 63.8 Å². The second kappa shape index (κ2) is 8.20. The van der Waals surface area contributed by atoms with Gasteiger partial charge < -0.3 is 9.88 Å². The molecule has 0 aliphatic carbocycles. The van der Waals surface area contributed by atoms with Crippen molar-refractivity contribution in [1.29, 1.82) is 0 Å².